The molecule has 0 aromatic heterocycles. The van der Waals surface area contributed by atoms with Gasteiger partial charge in [-0.1, -0.05) is 0 Å². The van der Waals surface area contributed by atoms with Gasteiger partial charge >= 0.3 is 18.0 Å². The van der Waals surface area contributed by atoms with Gasteiger partial charge in [-0.15, -0.1) is 0 Å². The Morgan fingerprint density at radius 3 is 2.39 bits per heavy atom. The number of nitrogens with one attached hydrogen (secondary N) is 1. The van der Waals surface area contributed by atoms with Gasteiger partial charge in [0, 0.05) is 6.42 Å². The first kappa shape index (κ1) is 18.7. The maximum atomic E-state index is 12.1. The summed E-state index contributed by atoms with van der Waals surface area (Å²) in [5.74, 6) is -2.12. The number of carbonyl (C=O) groups is 4. The lowest BCUT2D eigenvalue weighted by molar-refractivity contribution is -0.160. The molecule has 1 heterocycles. The normalized spacial score (nSPS) is 20.5. The minimum Gasteiger partial charge on any atom is -0.481 e. The fourth-order valence-corrected chi connectivity index (χ4v) is 2.19. The maximum Gasteiger partial charge on any atom is 0.408 e. The third kappa shape index (κ3) is 5.42. The van der Waals surface area contributed by atoms with E-state index in [-0.39, 0.29) is 19.4 Å². The van der Waals surface area contributed by atoms with E-state index >= 15 is 0 Å². The zero-order chi connectivity index (χ0) is 17.8. The number of hydrogen-bond donors (Lipinski definition) is 2. The average molecular weight is 330 g/mol. The number of methoxy groups -OCH3 is 1. The van der Waals surface area contributed by atoms with E-state index in [2.05, 4.69) is 10.1 Å². The first-order valence-electron chi connectivity index (χ1n) is 7.13. The number of carbonyl (C=O) groups excluding carboxylic acids is 3. The van der Waals surface area contributed by atoms with E-state index in [1.165, 1.54) is 12.0 Å². The van der Waals surface area contributed by atoms with Crippen LogP contribution in [0.3, 0.4) is 0 Å². The summed E-state index contributed by atoms with van der Waals surface area (Å²) in [4.78, 5) is 47.1. The predicted molar refractivity (Wildman–Crippen MR) is 77.5 cm³/mol. The van der Waals surface area contributed by atoms with Crippen molar-refractivity contribution in [3.63, 3.8) is 0 Å². The van der Waals surface area contributed by atoms with Crippen molar-refractivity contribution in [3.8, 4) is 0 Å². The molecule has 0 aliphatic carbocycles. The van der Waals surface area contributed by atoms with E-state index in [9.17, 15) is 19.2 Å². The predicted octanol–water partition coefficient (Wildman–Crippen LogP) is 0.128. The van der Waals surface area contributed by atoms with Crippen molar-refractivity contribution in [1.29, 1.82) is 0 Å². The molecule has 0 aromatic rings. The third-order valence-electron chi connectivity index (χ3n) is 3.19. The molecule has 0 saturated carbocycles. The Hall–Kier alpha value is -2.32. The maximum absolute atomic E-state index is 12.1. The van der Waals surface area contributed by atoms with Crippen LogP contribution in [0.25, 0.3) is 0 Å². The average Bonchev–Trinajstić information content (AvgIpc) is 2.41. The molecule has 0 bridgehead atoms. The Bertz CT molecular complexity index is 498. The van der Waals surface area contributed by atoms with Crippen LogP contribution in [0.4, 0.5) is 4.79 Å². The van der Waals surface area contributed by atoms with Gasteiger partial charge in [-0.05, 0) is 27.2 Å². The van der Waals surface area contributed by atoms with E-state index in [0.717, 1.165) is 0 Å². The summed E-state index contributed by atoms with van der Waals surface area (Å²) in [6.45, 7) is 4.76. The molecular weight excluding hydrogens is 308 g/mol. The van der Waals surface area contributed by atoms with E-state index in [1.54, 1.807) is 20.8 Å². The molecule has 9 nitrogen and oxygen atoms in total. The molecule has 2 atom stereocenters. The van der Waals surface area contributed by atoms with Gasteiger partial charge in [-0.3, -0.25) is 14.4 Å². The van der Waals surface area contributed by atoms with Crippen molar-refractivity contribution in [2.75, 3.05) is 13.7 Å². The number of rotatable bonds is 6. The zero-order valence-electron chi connectivity index (χ0n) is 13.6. The number of likely N-dealkylation sites (tertiary alicyclic amines) is 1. The number of aliphatic carboxylic acids is 1. The standard InChI is InChI=1S/C14H22N2O7/c1-14(2,3)23-13(21)15-11-8(5-6-9(17)18)16(12(11)20)7-10(19)22-4/h8,11H,5-7H2,1-4H3,(H,15,21)(H,17,18)/t8-,11+/m1/s1. The molecular formula is C14H22N2O7. The van der Waals surface area contributed by atoms with Crippen LogP contribution >= 0.6 is 0 Å². The lowest BCUT2D eigenvalue weighted by Crippen LogP contribution is -2.71. The zero-order valence-corrected chi connectivity index (χ0v) is 13.6. The largest absolute Gasteiger partial charge is 0.481 e. The highest BCUT2D eigenvalue weighted by molar-refractivity contribution is 5.94. The molecule has 0 spiro atoms. The highest BCUT2D eigenvalue weighted by Crippen LogP contribution is 2.25. The molecule has 1 saturated heterocycles. The van der Waals surface area contributed by atoms with Gasteiger partial charge < -0.3 is 24.8 Å². The van der Waals surface area contributed by atoms with Crippen LogP contribution < -0.4 is 5.32 Å². The van der Waals surface area contributed by atoms with Gasteiger partial charge in [0.05, 0.1) is 13.2 Å². The number of nitrogens with zero attached hydrogens (tertiary/aromatic N) is 1. The molecule has 1 aliphatic heterocycles. The van der Waals surface area contributed by atoms with E-state index in [1.807, 2.05) is 0 Å². The van der Waals surface area contributed by atoms with Gasteiger partial charge in [-0.2, -0.15) is 0 Å². The molecule has 0 radical (unpaired) electrons. The number of carboxylic acids is 1. The van der Waals surface area contributed by atoms with E-state index < -0.39 is 41.6 Å². The van der Waals surface area contributed by atoms with Gasteiger partial charge in [0.15, 0.2) is 0 Å². The summed E-state index contributed by atoms with van der Waals surface area (Å²) >= 11 is 0. The second-order valence-corrected chi connectivity index (χ2v) is 6.17. The summed E-state index contributed by atoms with van der Waals surface area (Å²) in [5.41, 5.74) is -0.723. The minimum atomic E-state index is -1.03. The number of hydrogen-bond acceptors (Lipinski definition) is 6. The Morgan fingerprint density at radius 1 is 1.30 bits per heavy atom. The third-order valence-corrected chi connectivity index (χ3v) is 3.19. The van der Waals surface area contributed by atoms with E-state index in [4.69, 9.17) is 9.84 Å². The van der Waals surface area contributed by atoms with Crippen molar-refractivity contribution in [1.82, 2.24) is 10.2 Å². The number of β-lactam (4-membered cyclic amide) rings is 1. The van der Waals surface area contributed by atoms with Crippen LogP contribution in [0.2, 0.25) is 0 Å². The van der Waals surface area contributed by atoms with Crippen molar-refractivity contribution in [2.24, 2.45) is 0 Å². The number of ether oxygens (including phenoxy) is 2. The molecule has 1 rings (SSSR count). The van der Waals surface area contributed by atoms with Crippen LogP contribution in [0.1, 0.15) is 33.6 Å². The first-order chi connectivity index (χ1) is 10.5. The summed E-state index contributed by atoms with van der Waals surface area (Å²) < 4.78 is 9.57. The van der Waals surface area contributed by atoms with Gasteiger partial charge in [0.2, 0.25) is 5.91 Å². The van der Waals surface area contributed by atoms with Gasteiger partial charge in [0.1, 0.15) is 18.2 Å². The van der Waals surface area contributed by atoms with Crippen molar-refractivity contribution < 1.29 is 33.8 Å². The monoisotopic (exact) mass is 330 g/mol. The number of amides is 2. The fraction of sp³-hybridized carbons (Fsp3) is 0.714. The number of esters is 1. The first-order valence-corrected chi connectivity index (χ1v) is 7.13. The molecule has 9 heteroatoms. The number of carboxylic acid groups (broad SMARTS) is 1. The van der Waals surface area contributed by atoms with Crippen molar-refractivity contribution in [3.05, 3.63) is 0 Å². The minimum absolute atomic E-state index is 0.110. The molecule has 130 valence electrons. The second-order valence-electron chi connectivity index (χ2n) is 6.17. The SMILES string of the molecule is COC(=O)CN1C(=O)[C@@H](NC(=O)OC(C)(C)C)[C@H]1CCC(=O)O. The van der Waals surface area contributed by atoms with Crippen LogP contribution in [-0.2, 0) is 23.9 Å². The Morgan fingerprint density at radius 2 is 1.91 bits per heavy atom. The van der Waals surface area contributed by atoms with Crippen molar-refractivity contribution >= 4 is 23.9 Å². The highest BCUT2D eigenvalue weighted by atomic mass is 16.6. The van der Waals surface area contributed by atoms with Crippen LogP contribution in [0.15, 0.2) is 0 Å². The summed E-state index contributed by atoms with van der Waals surface area (Å²) in [6.07, 6.45) is -0.852. The molecule has 2 N–H and O–H groups in total. The Kier molecular flexibility index (Phi) is 5.94. The summed E-state index contributed by atoms with van der Waals surface area (Å²) in [6, 6.07) is -1.50. The Balaban J connectivity index is 2.72. The molecule has 2 amide bonds. The van der Waals surface area contributed by atoms with Crippen LogP contribution in [0, 0.1) is 0 Å². The lowest BCUT2D eigenvalue weighted by atomic mass is 9.91. The van der Waals surface area contributed by atoms with E-state index in [0.29, 0.717) is 0 Å². The number of alkyl carbamates (subject to hydrolysis) is 1. The quantitative estimate of drug-likeness (QED) is 0.524. The van der Waals surface area contributed by atoms with Gasteiger partial charge in [-0.25, -0.2) is 4.79 Å². The van der Waals surface area contributed by atoms with Crippen LogP contribution in [0.5, 0.6) is 0 Å². The Labute approximate surface area is 133 Å². The fourth-order valence-electron chi connectivity index (χ4n) is 2.19. The molecule has 1 fully saturated rings. The smallest absolute Gasteiger partial charge is 0.408 e. The lowest BCUT2D eigenvalue weighted by Gasteiger charge is -2.46. The molecule has 0 aromatic carbocycles. The van der Waals surface area contributed by atoms with Crippen LogP contribution in [-0.4, -0.2) is 65.3 Å². The molecule has 23 heavy (non-hydrogen) atoms. The molecule has 1 aliphatic rings. The van der Waals surface area contributed by atoms with Gasteiger partial charge in [0.25, 0.3) is 0 Å². The second kappa shape index (κ2) is 7.30. The highest BCUT2D eigenvalue weighted by Gasteiger charge is 2.49. The summed E-state index contributed by atoms with van der Waals surface area (Å²) in [5, 5.41) is 11.2. The van der Waals surface area contributed by atoms with Crippen molar-refractivity contribution in [2.45, 2.75) is 51.3 Å². The topological polar surface area (TPSA) is 122 Å². The summed E-state index contributed by atoms with van der Waals surface area (Å²) in [7, 11) is 1.19. The molecule has 0 unspecified atom stereocenters.